The first-order valence-electron chi connectivity index (χ1n) is 8.95. The Labute approximate surface area is 169 Å². The molecule has 2 rings (SSSR count). The number of ether oxygens (including phenoxy) is 1. The standard InChI is InChI=1S/C18H33N5O.HI/c1-18(2,3)8-6-7-9-20-17(19-4)23-10-11-24-16(14-23)15-12-21-22(5)13-15;/h12-13,16H,6-11,14H2,1-5H3,(H,19,20);1H. The normalized spacial score (nSPS) is 18.8. The molecule has 0 aromatic carbocycles. The highest BCUT2D eigenvalue weighted by atomic mass is 127. The second-order valence-electron chi connectivity index (χ2n) is 7.74. The predicted molar refractivity (Wildman–Crippen MR) is 114 cm³/mol. The van der Waals surface area contributed by atoms with E-state index in [-0.39, 0.29) is 30.1 Å². The van der Waals surface area contributed by atoms with Crippen LogP contribution in [0.1, 0.15) is 51.7 Å². The highest BCUT2D eigenvalue weighted by Crippen LogP contribution is 2.22. The number of aryl methyl sites for hydroxylation is 1. The largest absolute Gasteiger partial charge is 0.370 e. The van der Waals surface area contributed by atoms with Gasteiger partial charge >= 0.3 is 0 Å². The van der Waals surface area contributed by atoms with Gasteiger partial charge in [-0.25, -0.2) is 0 Å². The molecule has 0 aliphatic carbocycles. The molecule has 1 aliphatic heterocycles. The highest BCUT2D eigenvalue weighted by molar-refractivity contribution is 14.0. The van der Waals surface area contributed by atoms with E-state index >= 15 is 0 Å². The van der Waals surface area contributed by atoms with Gasteiger partial charge in [-0.2, -0.15) is 5.10 Å². The zero-order valence-corrected chi connectivity index (χ0v) is 18.6. The third kappa shape index (κ3) is 7.52. The maximum absolute atomic E-state index is 5.90. The number of nitrogens with one attached hydrogen (secondary N) is 1. The second-order valence-corrected chi connectivity index (χ2v) is 7.74. The molecular formula is C18H34IN5O. The van der Waals surface area contributed by atoms with Crippen molar-refractivity contribution in [3.8, 4) is 0 Å². The number of unbranched alkanes of at least 4 members (excludes halogenated alkanes) is 1. The fourth-order valence-corrected chi connectivity index (χ4v) is 2.96. The number of guanidine groups is 1. The predicted octanol–water partition coefficient (Wildman–Crippen LogP) is 3.20. The maximum atomic E-state index is 5.90. The summed E-state index contributed by atoms with van der Waals surface area (Å²) >= 11 is 0. The Balaban J connectivity index is 0.00000312. The van der Waals surface area contributed by atoms with E-state index in [4.69, 9.17) is 4.74 Å². The third-order valence-electron chi connectivity index (χ3n) is 4.31. The molecule has 7 heteroatoms. The first-order chi connectivity index (χ1) is 11.4. The van der Waals surface area contributed by atoms with Crippen molar-refractivity contribution in [1.29, 1.82) is 0 Å². The molecule has 144 valence electrons. The first kappa shape index (κ1) is 22.2. The number of aliphatic imine (C=N–C) groups is 1. The van der Waals surface area contributed by atoms with Crippen LogP contribution in [0.3, 0.4) is 0 Å². The average Bonchev–Trinajstić information content (AvgIpc) is 2.96. The van der Waals surface area contributed by atoms with Crippen LogP contribution < -0.4 is 5.32 Å². The molecule has 1 aromatic rings. The van der Waals surface area contributed by atoms with Gasteiger partial charge in [0.2, 0.25) is 0 Å². The number of hydrogen-bond donors (Lipinski definition) is 1. The number of morpholine rings is 1. The number of halogens is 1. The molecule has 2 heterocycles. The maximum Gasteiger partial charge on any atom is 0.193 e. The number of hydrogen-bond acceptors (Lipinski definition) is 3. The van der Waals surface area contributed by atoms with E-state index in [0.29, 0.717) is 12.0 Å². The van der Waals surface area contributed by atoms with Crippen LogP contribution in [0.15, 0.2) is 17.4 Å². The van der Waals surface area contributed by atoms with Crippen molar-refractivity contribution in [1.82, 2.24) is 20.0 Å². The Morgan fingerprint density at radius 2 is 2.16 bits per heavy atom. The first-order valence-corrected chi connectivity index (χ1v) is 8.95. The van der Waals surface area contributed by atoms with Gasteiger partial charge < -0.3 is 15.0 Å². The van der Waals surface area contributed by atoms with Crippen LogP contribution in [0.2, 0.25) is 0 Å². The van der Waals surface area contributed by atoms with Crippen molar-refractivity contribution in [2.24, 2.45) is 17.5 Å². The van der Waals surface area contributed by atoms with Crippen molar-refractivity contribution < 1.29 is 4.74 Å². The summed E-state index contributed by atoms with van der Waals surface area (Å²) in [6.45, 7) is 10.3. The Kier molecular flexibility index (Phi) is 9.20. The number of aromatic nitrogens is 2. The van der Waals surface area contributed by atoms with Crippen LogP contribution in [-0.2, 0) is 11.8 Å². The van der Waals surface area contributed by atoms with Crippen molar-refractivity contribution in [2.75, 3.05) is 33.3 Å². The van der Waals surface area contributed by atoms with Gasteiger partial charge in [0.05, 0.1) is 19.3 Å². The van der Waals surface area contributed by atoms with E-state index in [9.17, 15) is 0 Å². The summed E-state index contributed by atoms with van der Waals surface area (Å²) in [6, 6.07) is 0. The summed E-state index contributed by atoms with van der Waals surface area (Å²) in [5.41, 5.74) is 1.55. The molecular weight excluding hydrogens is 429 g/mol. The fraction of sp³-hybridized carbons (Fsp3) is 0.778. The lowest BCUT2D eigenvalue weighted by Crippen LogP contribution is -2.48. The van der Waals surface area contributed by atoms with Crippen molar-refractivity contribution in [3.63, 3.8) is 0 Å². The molecule has 0 spiro atoms. The Bertz CT molecular complexity index is 538. The van der Waals surface area contributed by atoms with E-state index in [1.54, 1.807) is 0 Å². The monoisotopic (exact) mass is 463 g/mol. The van der Waals surface area contributed by atoms with E-state index in [2.05, 4.69) is 41.1 Å². The lowest BCUT2D eigenvalue weighted by molar-refractivity contribution is -0.00802. The molecule has 0 saturated carbocycles. The van der Waals surface area contributed by atoms with Crippen molar-refractivity contribution >= 4 is 29.9 Å². The average molecular weight is 463 g/mol. The van der Waals surface area contributed by atoms with Gasteiger partial charge in [-0.1, -0.05) is 27.2 Å². The van der Waals surface area contributed by atoms with E-state index in [0.717, 1.165) is 31.2 Å². The van der Waals surface area contributed by atoms with Crippen LogP contribution in [0.5, 0.6) is 0 Å². The van der Waals surface area contributed by atoms with Crippen molar-refractivity contribution in [2.45, 2.75) is 46.1 Å². The quantitative estimate of drug-likeness (QED) is 0.316. The minimum Gasteiger partial charge on any atom is -0.370 e. The summed E-state index contributed by atoms with van der Waals surface area (Å²) < 4.78 is 7.72. The minimum absolute atomic E-state index is 0. The zero-order valence-electron chi connectivity index (χ0n) is 16.3. The molecule has 1 aromatic heterocycles. The summed E-state index contributed by atoms with van der Waals surface area (Å²) in [5, 5.41) is 7.75. The smallest absolute Gasteiger partial charge is 0.193 e. The lowest BCUT2D eigenvalue weighted by Gasteiger charge is -2.34. The van der Waals surface area contributed by atoms with E-state index < -0.39 is 0 Å². The molecule has 0 amide bonds. The van der Waals surface area contributed by atoms with Gasteiger partial charge in [0, 0.05) is 38.9 Å². The third-order valence-corrected chi connectivity index (χ3v) is 4.31. The van der Waals surface area contributed by atoms with E-state index in [1.807, 2.05) is 31.2 Å². The van der Waals surface area contributed by atoms with Gasteiger partial charge in [-0.05, 0) is 18.3 Å². The van der Waals surface area contributed by atoms with Crippen LogP contribution >= 0.6 is 24.0 Å². The molecule has 1 unspecified atom stereocenters. The summed E-state index contributed by atoms with van der Waals surface area (Å²) in [7, 11) is 3.79. The summed E-state index contributed by atoms with van der Waals surface area (Å²) in [4.78, 5) is 6.73. The highest BCUT2D eigenvalue weighted by Gasteiger charge is 2.25. The number of rotatable bonds is 5. The molecule has 6 nitrogen and oxygen atoms in total. The van der Waals surface area contributed by atoms with Gasteiger partial charge in [0.1, 0.15) is 6.10 Å². The number of nitrogens with zero attached hydrogens (tertiary/aromatic N) is 4. The second kappa shape index (κ2) is 10.4. The van der Waals surface area contributed by atoms with Gasteiger partial charge in [-0.3, -0.25) is 9.67 Å². The fourth-order valence-electron chi connectivity index (χ4n) is 2.96. The van der Waals surface area contributed by atoms with Gasteiger partial charge in [-0.15, -0.1) is 24.0 Å². The molecule has 25 heavy (non-hydrogen) atoms. The molecule has 0 radical (unpaired) electrons. The molecule has 0 bridgehead atoms. The lowest BCUT2D eigenvalue weighted by atomic mass is 9.90. The van der Waals surface area contributed by atoms with Gasteiger partial charge in [0.15, 0.2) is 5.96 Å². The molecule has 1 N–H and O–H groups in total. The Morgan fingerprint density at radius 1 is 1.40 bits per heavy atom. The molecule has 1 atom stereocenters. The van der Waals surface area contributed by atoms with Crippen LogP contribution in [0.25, 0.3) is 0 Å². The van der Waals surface area contributed by atoms with Crippen molar-refractivity contribution in [3.05, 3.63) is 18.0 Å². The van der Waals surface area contributed by atoms with Crippen LogP contribution in [0.4, 0.5) is 0 Å². The van der Waals surface area contributed by atoms with Crippen LogP contribution in [0, 0.1) is 5.41 Å². The molecule has 1 fully saturated rings. The van der Waals surface area contributed by atoms with E-state index in [1.165, 1.54) is 19.3 Å². The molecule has 1 saturated heterocycles. The zero-order chi connectivity index (χ0) is 17.6. The Morgan fingerprint density at radius 3 is 2.76 bits per heavy atom. The summed E-state index contributed by atoms with van der Waals surface area (Å²) in [5.74, 6) is 0.975. The van der Waals surface area contributed by atoms with Gasteiger partial charge in [0.25, 0.3) is 0 Å². The van der Waals surface area contributed by atoms with Crippen LogP contribution in [-0.4, -0.2) is 53.9 Å². The Hall–Kier alpha value is -0.830. The SMILES string of the molecule is CN=C(NCCCCC(C)(C)C)N1CCOC(c2cnn(C)c2)C1.I. The summed E-state index contributed by atoms with van der Waals surface area (Å²) in [6.07, 6.45) is 7.65. The topological polar surface area (TPSA) is 54.7 Å². The molecule has 1 aliphatic rings. The minimum atomic E-state index is 0.